The van der Waals surface area contributed by atoms with Gasteiger partial charge in [0.15, 0.2) is 10.9 Å². The van der Waals surface area contributed by atoms with E-state index in [1.165, 1.54) is 35.6 Å². The number of thiazole rings is 1. The molecule has 0 bridgehead atoms. The standard InChI is InChI=1S/C14H9N3O4S/c18-13(9-3-5-10(6-4-9)17(19)20)16-14-15-11(8-22-14)12-2-1-7-21-12/h1-8H,(H,15,16,18). The van der Waals surface area contributed by atoms with Crippen LogP contribution in [0.1, 0.15) is 10.4 Å². The van der Waals surface area contributed by atoms with E-state index in [9.17, 15) is 14.9 Å². The molecule has 2 heterocycles. The van der Waals surface area contributed by atoms with Gasteiger partial charge in [0.1, 0.15) is 5.69 Å². The van der Waals surface area contributed by atoms with Crippen molar-refractivity contribution in [2.75, 3.05) is 5.32 Å². The first kappa shape index (κ1) is 14.0. The van der Waals surface area contributed by atoms with Crippen LogP contribution >= 0.6 is 11.3 Å². The maximum atomic E-state index is 12.1. The van der Waals surface area contributed by atoms with Gasteiger partial charge in [-0.3, -0.25) is 20.2 Å². The Bertz CT molecular complexity index is 809. The Morgan fingerprint density at radius 2 is 2.05 bits per heavy atom. The van der Waals surface area contributed by atoms with Crippen LogP contribution in [0, 0.1) is 10.1 Å². The summed E-state index contributed by atoms with van der Waals surface area (Å²) in [5, 5.41) is 15.4. The van der Waals surface area contributed by atoms with Gasteiger partial charge in [0.2, 0.25) is 0 Å². The van der Waals surface area contributed by atoms with Gasteiger partial charge < -0.3 is 4.42 Å². The number of hydrogen-bond acceptors (Lipinski definition) is 6. The van der Waals surface area contributed by atoms with E-state index < -0.39 is 4.92 Å². The lowest BCUT2D eigenvalue weighted by Crippen LogP contribution is -2.11. The topological polar surface area (TPSA) is 98.3 Å². The third kappa shape index (κ3) is 2.86. The maximum absolute atomic E-state index is 12.1. The van der Waals surface area contributed by atoms with Gasteiger partial charge >= 0.3 is 0 Å². The summed E-state index contributed by atoms with van der Waals surface area (Å²) in [6.07, 6.45) is 1.55. The van der Waals surface area contributed by atoms with E-state index >= 15 is 0 Å². The second-order valence-corrected chi connectivity index (χ2v) is 5.13. The highest BCUT2D eigenvalue weighted by atomic mass is 32.1. The van der Waals surface area contributed by atoms with E-state index in [-0.39, 0.29) is 11.6 Å². The fourth-order valence-corrected chi connectivity index (χ4v) is 2.47. The number of carbonyl (C=O) groups is 1. The number of non-ortho nitro benzene ring substituents is 1. The number of carbonyl (C=O) groups excluding carboxylic acids is 1. The molecule has 0 unspecified atom stereocenters. The summed E-state index contributed by atoms with van der Waals surface area (Å²) in [5.74, 6) is 0.238. The Morgan fingerprint density at radius 3 is 2.68 bits per heavy atom. The first-order valence-electron chi connectivity index (χ1n) is 6.19. The summed E-state index contributed by atoms with van der Waals surface area (Å²) in [4.78, 5) is 26.4. The third-order valence-electron chi connectivity index (χ3n) is 2.84. The summed E-state index contributed by atoms with van der Waals surface area (Å²) in [6.45, 7) is 0. The molecule has 2 aromatic heterocycles. The number of anilines is 1. The Morgan fingerprint density at radius 1 is 1.27 bits per heavy atom. The molecule has 3 aromatic rings. The molecule has 22 heavy (non-hydrogen) atoms. The highest BCUT2D eigenvalue weighted by molar-refractivity contribution is 7.14. The van der Waals surface area contributed by atoms with Crippen LogP contribution in [0.25, 0.3) is 11.5 Å². The van der Waals surface area contributed by atoms with Gasteiger partial charge in [-0.05, 0) is 24.3 Å². The van der Waals surface area contributed by atoms with Crippen LogP contribution in [0.3, 0.4) is 0 Å². The van der Waals surface area contributed by atoms with Crippen molar-refractivity contribution in [2.24, 2.45) is 0 Å². The molecule has 0 saturated carbocycles. The van der Waals surface area contributed by atoms with Crippen molar-refractivity contribution in [1.29, 1.82) is 0 Å². The molecule has 0 aliphatic heterocycles. The zero-order chi connectivity index (χ0) is 15.5. The van der Waals surface area contributed by atoms with Gasteiger partial charge in [-0.15, -0.1) is 11.3 Å². The zero-order valence-corrected chi connectivity index (χ0v) is 11.9. The van der Waals surface area contributed by atoms with E-state index in [0.717, 1.165) is 0 Å². The molecule has 3 rings (SSSR count). The highest BCUT2D eigenvalue weighted by Gasteiger charge is 2.12. The Kier molecular flexibility index (Phi) is 3.67. The molecule has 0 radical (unpaired) electrons. The second kappa shape index (κ2) is 5.78. The number of amides is 1. The van der Waals surface area contributed by atoms with Gasteiger partial charge in [0.25, 0.3) is 11.6 Å². The minimum absolute atomic E-state index is 0.0640. The first-order valence-corrected chi connectivity index (χ1v) is 7.06. The Hall–Kier alpha value is -3.00. The molecule has 8 heteroatoms. The van der Waals surface area contributed by atoms with Gasteiger partial charge in [-0.2, -0.15) is 0 Å². The molecule has 0 spiro atoms. The number of benzene rings is 1. The SMILES string of the molecule is O=C(Nc1nc(-c2ccco2)cs1)c1ccc([N+](=O)[O-])cc1. The quantitative estimate of drug-likeness (QED) is 0.586. The number of furan rings is 1. The van der Waals surface area contributed by atoms with Crippen LogP contribution in [-0.4, -0.2) is 15.8 Å². The summed E-state index contributed by atoms with van der Waals surface area (Å²) >= 11 is 1.27. The van der Waals surface area contributed by atoms with Crippen LogP contribution in [-0.2, 0) is 0 Å². The van der Waals surface area contributed by atoms with Crippen molar-refractivity contribution in [3.8, 4) is 11.5 Å². The van der Waals surface area contributed by atoms with E-state index in [2.05, 4.69) is 10.3 Å². The molecule has 110 valence electrons. The van der Waals surface area contributed by atoms with E-state index in [4.69, 9.17) is 4.42 Å². The average Bonchev–Trinajstić information content (AvgIpc) is 3.18. The molecule has 0 atom stereocenters. The largest absolute Gasteiger partial charge is 0.463 e. The fraction of sp³-hybridized carbons (Fsp3) is 0. The van der Waals surface area contributed by atoms with Crippen LogP contribution < -0.4 is 5.32 Å². The van der Waals surface area contributed by atoms with Crippen LogP contribution in [0.4, 0.5) is 10.8 Å². The lowest BCUT2D eigenvalue weighted by atomic mass is 10.2. The van der Waals surface area contributed by atoms with Crippen molar-refractivity contribution in [1.82, 2.24) is 4.98 Å². The average molecular weight is 315 g/mol. The van der Waals surface area contributed by atoms with E-state index in [1.807, 2.05) is 0 Å². The summed E-state index contributed by atoms with van der Waals surface area (Å²) in [6, 6.07) is 8.89. The minimum Gasteiger partial charge on any atom is -0.463 e. The Balaban J connectivity index is 1.73. The number of nitro groups is 1. The van der Waals surface area contributed by atoms with E-state index in [1.54, 1.807) is 23.8 Å². The van der Waals surface area contributed by atoms with Crippen LogP contribution in [0.2, 0.25) is 0 Å². The molecular formula is C14H9N3O4S. The predicted octanol–water partition coefficient (Wildman–Crippen LogP) is 3.56. The van der Waals surface area contributed by atoms with Crippen LogP contribution in [0.15, 0.2) is 52.5 Å². The molecule has 0 saturated heterocycles. The van der Waals surface area contributed by atoms with Crippen molar-refractivity contribution < 1.29 is 14.1 Å². The number of aromatic nitrogens is 1. The zero-order valence-electron chi connectivity index (χ0n) is 11.1. The Labute approximate surface area is 128 Å². The lowest BCUT2D eigenvalue weighted by Gasteiger charge is -2.01. The molecule has 7 nitrogen and oxygen atoms in total. The van der Waals surface area contributed by atoms with Gasteiger partial charge in [0.05, 0.1) is 11.2 Å². The number of nitrogens with zero attached hydrogens (tertiary/aromatic N) is 2. The molecule has 0 fully saturated rings. The van der Waals surface area contributed by atoms with Crippen molar-refractivity contribution in [2.45, 2.75) is 0 Å². The minimum atomic E-state index is -0.516. The van der Waals surface area contributed by atoms with Gasteiger partial charge in [-0.25, -0.2) is 4.98 Å². The lowest BCUT2D eigenvalue weighted by molar-refractivity contribution is -0.384. The maximum Gasteiger partial charge on any atom is 0.269 e. The smallest absolute Gasteiger partial charge is 0.269 e. The molecular weight excluding hydrogens is 306 g/mol. The third-order valence-corrected chi connectivity index (χ3v) is 3.60. The number of nitro benzene ring substituents is 1. The van der Waals surface area contributed by atoms with Crippen LogP contribution in [0.5, 0.6) is 0 Å². The predicted molar refractivity (Wildman–Crippen MR) is 80.9 cm³/mol. The molecule has 0 aliphatic carbocycles. The molecule has 1 aromatic carbocycles. The van der Waals surface area contributed by atoms with Gasteiger partial charge in [0, 0.05) is 23.1 Å². The molecule has 0 aliphatic rings. The number of nitrogens with one attached hydrogen (secondary N) is 1. The monoisotopic (exact) mass is 315 g/mol. The second-order valence-electron chi connectivity index (χ2n) is 4.27. The summed E-state index contributed by atoms with van der Waals surface area (Å²) < 4.78 is 5.23. The van der Waals surface area contributed by atoms with Gasteiger partial charge in [-0.1, -0.05) is 0 Å². The first-order chi connectivity index (χ1) is 10.6. The number of rotatable bonds is 4. The summed E-state index contributed by atoms with van der Waals surface area (Å²) in [7, 11) is 0. The fourth-order valence-electron chi connectivity index (χ4n) is 1.77. The molecule has 1 N–H and O–H groups in total. The van der Waals surface area contributed by atoms with Crippen molar-refractivity contribution >= 4 is 28.1 Å². The number of hydrogen-bond donors (Lipinski definition) is 1. The summed E-state index contributed by atoms with van der Waals surface area (Å²) in [5.41, 5.74) is 0.889. The van der Waals surface area contributed by atoms with Crippen molar-refractivity contribution in [3.05, 3.63) is 63.7 Å². The molecule has 1 amide bonds. The highest BCUT2D eigenvalue weighted by Crippen LogP contribution is 2.25. The van der Waals surface area contributed by atoms with Crippen molar-refractivity contribution in [3.63, 3.8) is 0 Å². The normalized spacial score (nSPS) is 10.4. The van der Waals surface area contributed by atoms with E-state index in [0.29, 0.717) is 22.1 Å².